The Morgan fingerprint density at radius 1 is 1.50 bits per heavy atom. The Kier molecular flexibility index (Phi) is 6.06. The lowest BCUT2D eigenvalue weighted by Crippen LogP contribution is -2.39. The Bertz CT molecular complexity index is 517. The summed E-state index contributed by atoms with van der Waals surface area (Å²) in [5, 5.41) is 2.99. The first-order valence-electron chi connectivity index (χ1n) is 5.98. The lowest BCUT2D eigenvalue weighted by molar-refractivity contribution is -0.122. The number of halogens is 1. The molecule has 0 heterocycles. The van der Waals surface area contributed by atoms with Crippen LogP contribution >= 0.6 is 11.6 Å². The number of ether oxygens (including phenoxy) is 1. The van der Waals surface area contributed by atoms with Crippen molar-refractivity contribution < 1.29 is 14.3 Å². The second-order valence-corrected chi connectivity index (χ2v) is 4.42. The smallest absolute Gasteiger partial charge is 0.240 e. The van der Waals surface area contributed by atoms with Crippen molar-refractivity contribution in [3.8, 4) is 5.75 Å². The van der Waals surface area contributed by atoms with Crippen LogP contribution in [0.4, 0.5) is 5.69 Å². The van der Waals surface area contributed by atoms with Crippen molar-refractivity contribution >= 4 is 29.1 Å². The lowest BCUT2D eigenvalue weighted by Gasteiger charge is -2.21. The molecule has 0 aromatic heterocycles. The van der Waals surface area contributed by atoms with E-state index < -0.39 is 0 Å². The molecule has 0 atom stereocenters. The van der Waals surface area contributed by atoms with Gasteiger partial charge in [0.1, 0.15) is 12.3 Å². The number of hydrogen-bond donors (Lipinski definition) is 1. The topological polar surface area (TPSA) is 58.6 Å². The Morgan fingerprint density at radius 3 is 2.70 bits per heavy atom. The Morgan fingerprint density at radius 2 is 2.20 bits per heavy atom. The molecule has 20 heavy (non-hydrogen) atoms. The second-order valence-electron chi connectivity index (χ2n) is 4.02. The molecule has 0 saturated heterocycles. The number of rotatable bonds is 6. The molecule has 0 unspecified atom stereocenters. The van der Waals surface area contributed by atoms with Gasteiger partial charge in [-0.1, -0.05) is 17.7 Å². The number of hydrogen-bond acceptors (Lipinski definition) is 3. The van der Waals surface area contributed by atoms with Crippen molar-refractivity contribution in [2.75, 3.05) is 25.1 Å². The van der Waals surface area contributed by atoms with E-state index in [1.165, 1.54) is 18.9 Å². The molecule has 2 amide bonds. The summed E-state index contributed by atoms with van der Waals surface area (Å²) in [7, 11) is 1.51. The molecule has 0 bridgehead atoms. The molecule has 1 rings (SSSR count). The summed E-state index contributed by atoms with van der Waals surface area (Å²) >= 11 is 6.02. The molecule has 0 aliphatic carbocycles. The molecular formula is C14H17ClN2O3. The van der Waals surface area contributed by atoms with Crippen LogP contribution in [0.25, 0.3) is 0 Å². The van der Waals surface area contributed by atoms with E-state index in [1.807, 2.05) is 0 Å². The van der Waals surface area contributed by atoms with Crippen molar-refractivity contribution in [3.05, 3.63) is 35.9 Å². The van der Waals surface area contributed by atoms with E-state index >= 15 is 0 Å². The highest BCUT2D eigenvalue weighted by Crippen LogP contribution is 2.29. The summed E-state index contributed by atoms with van der Waals surface area (Å²) in [6.45, 7) is 5.17. The summed E-state index contributed by atoms with van der Waals surface area (Å²) in [4.78, 5) is 24.7. The highest BCUT2D eigenvalue weighted by molar-refractivity contribution is 6.32. The summed E-state index contributed by atoms with van der Waals surface area (Å²) in [5.74, 6) is -0.0120. The van der Waals surface area contributed by atoms with Crippen LogP contribution in [-0.2, 0) is 9.59 Å². The average Bonchev–Trinajstić information content (AvgIpc) is 2.42. The van der Waals surface area contributed by atoms with Gasteiger partial charge in [-0.05, 0) is 18.2 Å². The van der Waals surface area contributed by atoms with Gasteiger partial charge in [0.15, 0.2) is 0 Å². The molecular weight excluding hydrogens is 280 g/mol. The molecule has 0 aliphatic rings. The first kappa shape index (κ1) is 16.0. The van der Waals surface area contributed by atoms with Crippen LogP contribution in [0.2, 0.25) is 5.02 Å². The van der Waals surface area contributed by atoms with E-state index in [9.17, 15) is 9.59 Å². The van der Waals surface area contributed by atoms with Gasteiger partial charge in [0, 0.05) is 19.2 Å². The van der Waals surface area contributed by atoms with Gasteiger partial charge < -0.3 is 15.0 Å². The zero-order valence-corrected chi connectivity index (χ0v) is 12.2. The highest BCUT2D eigenvalue weighted by atomic mass is 35.5. The first-order valence-corrected chi connectivity index (χ1v) is 6.36. The molecule has 108 valence electrons. The number of carbonyl (C=O) groups excluding carboxylic acids is 2. The van der Waals surface area contributed by atoms with E-state index in [4.69, 9.17) is 16.3 Å². The minimum atomic E-state index is -0.271. The molecule has 0 saturated carbocycles. The van der Waals surface area contributed by atoms with Crippen molar-refractivity contribution in [2.24, 2.45) is 0 Å². The van der Waals surface area contributed by atoms with Crippen molar-refractivity contribution in [1.29, 1.82) is 0 Å². The van der Waals surface area contributed by atoms with E-state index in [0.29, 0.717) is 23.0 Å². The van der Waals surface area contributed by atoms with Gasteiger partial charge >= 0.3 is 0 Å². The van der Waals surface area contributed by atoms with Gasteiger partial charge in [0.2, 0.25) is 11.8 Å². The molecule has 0 fully saturated rings. The zero-order valence-electron chi connectivity index (χ0n) is 11.5. The maximum atomic E-state index is 11.7. The molecule has 6 heteroatoms. The van der Waals surface area contributed by atoms with Crippen molar-refractivity contribution in [3.63, 3.8) is 0 Å². The molecule has 1 N–H and O–H groups in total. The van der Waals surface area contributed by atoms with Crippen LogP contribution in [-0.4, -0.2) is 32.0 Å². The van der Waals surface area contributed by atoms with Gasteiger partial charge in [-0.15, -0.1) is 6.58 Å². The number of methoxy groups -OCH3 is 1. The highest BCUT2D eigenvalue weighted by Gasteiger charge is 2.16. The number of nitrogens with one attached hydrogen (secondary N) is 1. The monoisotopic (exact) mass is 296 g/mol. The fourth-order valence-electron chi connectivity index (χ4n) is 1.59. The predicted octanol–water partition coefficient (Wildman–Crippen LogP) is 2.00. The number of amides is 2. The van der Waals surface area contributed by atoms with Crippen LogP contribution in [0.1, 0.15) is 6.92 Å². The number of carbonyl (C=O) groups is 2. The molecule has 1 aromatic rings. The lowest BCUT2D eigenvalue weighted by atomic mass is 10.2. The zero-order chi connectivity index (χ0) is 15.1. The third kappa shape index (κ3) is 4.28. The van der Waals surface area contributed by atoms with Crippen LogP contribution in [0.5, 0.6) is 5.75 Å². The van der Waals surface area contributed by atoms with Crippen LogP contribution in [0, 0.1) is 0 Å². The quantitative estimate of drug-likeness (QED) is 0.817. The normalized spacial score (nSPS) is 9.75. The fraction of sp³-hybridized carbons (Fsp3) is 0.286. The largest absolute Gasteiger partial charge is 0.495 e. The number of anilines is 1. The standard InChI is InChI=1S/C14H17ClN2O3/c1-4-7-16-14(19)9-17(10(2)18)11-5-6-13(20-3)12(15)8-11/h4-6,8H,1,7,9H2,2-3H3,(H,16,19). The van der Waals surface area contributed by atoms with Crippen LogP contribution < -0.4 is 15.0 Å². The van der Waals surface area contributed by atoms with E-state index in [2.05, 4.69) is 11.9 Å². The SMILES string of the molecule is C=CCNC(=O)CN(C(C)=O)c1ccc(OC)c(Cl)c1. The Balaban J connectivity index is 2.91. The number of nitrogens with zero attached hydrogens (tertiary/aromatic N) is 1. The maximum Gasteiger partial charge on any atom is 0.240 e. The van der Waals surface area contributed by atoms with Gasteiger partial charge in [-0.2, -0.15) is 0 Å². The van der Waals surface area contributed by atoms with E-state index in [-0.39, 0.29) is 18.4 Å². The molecule has 0 aliphatic heterocycles. The average molecular weight is 297 g/mol. The minimum Gasteiger partial charge on any atom is -0.495 e. The van der Waals surface area contributed by atoms with E-state index in [0.717, 1.165) is 0 Å². The van der Waals surface area contributed by atoms with Gasteiger partial charge in [-0.25, -0.2) is 0 Å². The van der Waals surface area contributed by atoms with E-state index in [1.54, 1.807) is 24.3 Å². The Labute approximate surface area is 123 Å². The summed E-state index contributed by atoms with van der Waals surface area (Å²) in [6, 6.07) is 4.91. The van der Waals surface area contributed by atoms with Gasteiger partial charge in [0.05, 0.1) is 12.1 Å². The summed E-state index contributed by atoms with van der Waals surface area (Å²) in [5.41, 5.74) is 0.539. The second kappa shape index (κ2) is 7.55. The predicted molar refractivity (Wildman–Crippen MR) is 79.2 cm³/mol. The Hall–Kier alpha value is -2.01. The van der Waals surface area contributed by atoms with Gasteiger partial charge in [-0.3, -0.25) is 9.59 Å². The molecule has 5 nitrogen and oxygen atoms in total. The van der Waals surface area contributed by atoms with Crippen molar-refractivity contribution in [1.82, 2.24) is 5.32 Å². The molecule has 0 spiro atoms. The third-order valence-corrected chi connectivity index (χ3v) is 2.87. The molecule has 1 aromatic carbocycles. The minimum absolute atomic E-state index is 0.0775. The summed E-state index contributed by atoms with van der Waals surface area (Å²) < 4.78 is 5.05. The third-order valence-electron chi connectivity index (χ3n) is 2.57. The van der Waals surface area contributed by atoms with Crippen molar-refractivity contribution in [2.45, 2.75) is 6.92 Å². The van der Waals surface area contributed by atoms with Crippen LogP contribution in [0.15, 0.2) is 30.9 Å². The fourth-order valence-corrected chi connectivity index (χ4v) is 1.85. The molecule has 0 radical (unpaired) electrons. The van der Waals surface area contributed by atoms with Gasteiger partial charge in [0.25, 0.3) is 0 Å². The van der Waals surface area contributed by atoms with Crippen LogP contribution in [0.3, 0.4) is 0 Å². The number of benzene rings is 1. The first-order chi connectivity index (χ1) is 9.49. The maximum absolute atomic E-state index is 11.7. The summed E-state index contributed by atoms with van der Waals surface area (Å²) in [6.07, 6.45) is 1.57.